The molecule has 0 radical (unpaired) electrons. The first kappa shape index (κ1) is 20.3. The Labute approximate surface area is 185 Å². The van der Waals surface area contributed by atoms with Gasteiger partial charge < -0.3 is 15.0 Å². The molecule has 1 amide bonds. The first-order valence-corrected chi connectivity index (χ1v) is 10.7. The molecule has 1 aliphatic heterocycles. The summed E-state index contributed by atoms with van der Waals surface area (Å²) in [5, 5.41) is 4.03. The van der Waals surface area contributed by atoms with E-state index in [4.69, 9.17) is 4.74 Å². The summed E-state index contributed by atoms with van der Waals surface area (Å²) in [4.78, 5) is 18.3. The van der Waals surface area contributed by atoms with E-state index < -0.39 is 0 Å². The molecule has 0 saturated heterocycles. The number of aromatic amines is 1. The molecule has 1 aromatic heterocycles. The van der Waals surface area contributed by atoms with Crippen molar-refractivity contribution >= 4 is 16.8 Å². The van der Waals surface area contributed by atoms with E-state index in [0.29, 0.717) is 24.3 Å². The maximum Gasteiger partial charge on any atom is 0.251 e. The Kier molecular flexibility index (Phi) is 5.60. The number of hydrogen-bond acceptors (Lipinski definition) is 3. The molecule has 0 saturated carbocycles. The molecule has 3 aromatic carbocycles. The monoisotopic (exact) mass is 429 g/mol. The predicted octanol–water partition coefficient (Wildman–Crippen LogP) is 4.63. The second-order valence-corrected chi connectivity index (χ2v) is 8.01. The van der Waals surface area contributed by atoms with E-state index in [0.717, 1.165) is 29.9 Å². The minimum atomic E-state index is -0.323. The van der Waals surface area contributed by atoms with Crippen LogP contribution in [-0.2, 0) is 19.6 Å². The van der Waals surface area contributed by atoms with Crippen molar-refractivity contribution in [1.82, 2.24) is 15.2 Å². The Morgan fingerprint density at radius 3 is 2.84 bits per heavy atom. The smallest absolute Gasteiger partial charge is 0.251 e. The number of ether oxygens (including phenoxy) is 1. The van der Waals surface area contributed by atoms with Crippen molar-refractivity contribution in [2.45, 2.75) is 19.6 Å². The van der Waals surface area contributed by atoms with Gasteiger partial charge in [0, 0.05) is 60.0 Å². The standard InChI is InChI=1S/C26H24FN3O2/c27-23-6-2-1-4-19(23)15-29-26(31)18-8-9-25-21(14-18)17-30(12-13-32-25)16-20-5-3-7-24-22(20)10-11-28-24/h1-11,14,28H,12-13,15-17H2,(H,29,31). The summed E-state index contributed by atoms with van der Waals surface area (Å²) < 4.78 is 19.8. The van der Waals surface area contributed by atoms with Gasteiger partial charge in [-0.1, -0.05) is 30.3 Å². The molecule has 0 unspecified atom stereocenters. The molecule has 0 bridgehead atoms. The molecule has 162 valence electrons. The number of amides is 1. The Morgan fingerprint density at radius 1 is 1.06 bits per heavy atom. The number of aromatic nitrogens is 1. The number of carbonyl (C=O) groups excluding carboxylic acids is 1. The highest BCUT2D eigenvalue weighted by molar-refractivity contribution is 5.94. The molecule has 32 heavy (non-hydrogen) atoms. The number of fused-ring (bicyclic) bond motifs is 2. The summed E-state index contributed by atoms with van der Waals surface area (Å²) >= 11 is 0. The van der Waals surface area contributed by atoms with Crippen LogP contribution >= 0.6 is 0 Å². The van der Waals surface area contributed by atoms with Crippen LogP contribution in [0.15, 0.2) is 72.9 Å². The van der Waals surface area contributed by atoms with Gasteiger partial charge in [0.1, 0.15) is 18.2 Å². The van der Waals surface area contributed by atoms with E-state index in [2.05, 4.69) is 39.5 Å². The fourth-order valence-electron chi connectivity index (χ4n) is 4.17. The first-order chi connectivity index (χ1) is 15.7. The minimum Gasteiger partial charge on any atom is -0.492 e. The van der Waals surface area contributed by atoms with Gasteiger partial charge in [-0.3, -0.25) is 9.69 Å². The van der Waals surface area contributed by atoms with E-state index >= 15 is 0 Å². The van der Waals surface area contributed by atoms with Crippen LogP contribution in [0, 0.1) is 5.82 Å². The van der Waals surface area contributed by atoms with Gasteiger partial charge in [0.15, 0.2) is 0 Å². The largest absolute Gasteiger partial charge is 0.492 e. The topological polar surface area (TPSA) is 57.4 Å². The third-order valence-electron chi connectivity index (χ3n) is 5.86. The van der Waals surface area contributed by atoms with Crippen molar-refractivity contribution in [2.24, 2.45) is 0 Å². The number of carbonyl (C=O) groups is 1. The summed E-state index contributed by atoms with van der Waals surface area (Å²) in [6.07, 6.45) is 1.96. The average Bonchev–Trinajstić information content (AvgIpc) is 3.20. The fourth-order valence-corrected chi connectivity index (χ4v) is 4.17. The van der Waals surface area contributed by atoms with E-state index in [-0.39, 0.29) is 18.3 Å². The Balaban J connectivity index is 1.31. The van der Waals surface area contributed by atoms with Gasteiger partial charge >= 0.3 is 0 Å². The maximum absolute atomic E-state index is 13.8. The van der Waals surface area contributed by atoms with Crippen molar-refractivity contribution in [1.29, 1.82) is 0 Å². The summed E-state index contributed by atoms with van der Waals surface area (Å²) in [7, 11) is 0. The van der Waals surface area contributed by atoms with Crippen molar-refractivity contribution in [3.05, 3.63) is 101 Å². The molecular formula is C26H24FN3O2. The molecule has 4 aromatic rings. The van der Waals surface area contributed by atoms with Crippen molar-refractivity contribution < 1.29 is 13.9 Å². The third-order valence-corrected chi connectivity index (χ3v) is 5.86. The van der Waals surface area contributed by atoms with Crippen LogP contribution < -0.4 is 10.1 Å². The molecule has 2 N–H and O–H groups in total. The van der Waals surface area contributed by atoms with E-state index in [1.54, 1.807) is 24.3 Å². The van der Waals surface area contributed by atoms with Crippen molar-refractivity contribution in [3.8, 4) is 5.75 Å². The number of hydrogen-bond donors (Lipinski definition) is 2. The second kappa shape index (κ2) is 8.85. The van der Waals surface area contributed by atoms with Gasteiger partial charge in [0.05, 0.1) is 0 Å². The number of benzene rings is 3. The van der Waals surface area contributed by atoms with Crippen molar-refractivity contribution in [3.63, 3.8) is 0 Å². The molecule has 0 aliphatic carbocycles. The molecular weight excluding hydrogens is 405 g/mol. The summed E-state index contributed by atoms with van der Waals surface area (Å²) in [6, 6.07) is 20.3. The lowest BCUT2D eigenvalue weighted by molar-refractivity contribution is 0.0950. The van der Waals surface area contributed by atoms with Crippen LogP contribution in [0.3, 0.4) is 0 Å². The lowest BCUT2D eigenvalue weighted by atomic mass is 10.1. The molecule has 6 heteroatoms. The lowest BCUT2D eigenvalue weighted by Crippen LogP contribution is -2.25. The van der Waals surface area contributed by atoms with Gasteiger partial charge in [0.25, 0.3) is 5.91 Å². The molecule has 5 nitrogen and oxygen atoms in total. The first-order valence-electron chi connectivity index (χ1n) is 10.7. The highest BCUT2D eigenvalue weighted by atomic mass is 19.1. The van der Waals surface area contributed by atoms with Gasteiger partial charge in [0.2, 0.25) is 0 Å². The maximum atomic E-state index is 13.8. The van der Waals surface area contributed by atoms with Gasteiger partial charge in [-0.25, -0.2) is 4.39 Å². The SMILES string of the molecule is O=C(NCc1ccccc1F)c1ccc2c(c1)CN(Cc1cccc3[nH]ccc13)CCO2. The van der Waals surface area contributed by atoms with Crippen molar-refractivity contribution in [2.75, 3.05) is 13.2 Å². The van der Waals surface area contributed by atoms with Crippen LogP contribution in [0.25, 0.3) is 10.9 Å². The highest BCUT2D eigenvalue weighted by Gasteiger charge is 2.18. The zero-order valence-electron chi connectivity index (χ0n) is 17.6. The van der Waals surface area contributed by atoms with Crippen LogP contribution in [0.2, 0.25) is 0 Å². The summed E-state index contributed by atoms with van der Waals surface area (Å²) in [5.74, 6) is 0.248. The van der Waals surface area contributed by atoms with E-state index in [1.807, 2.05) is 18.3 Å². The number of halogens is 1. The third kappa shape index (κ3) is 4.22. The number of H-pyrrole nitrogens is 1. The van der Waals surface area contributed by atoms with Gasteiger partial charge in [-0.2, -0.15) is 0 Å². The normalized spacial score (nSPS) is 13.9. The molecule has 1 aliphatic rings. The van der Waals surface area contributed by atoms with Crippen LogP contribution in [0.5, 0.6) is 5.75 Å². The zero-order valence-corrected chi connectivity index (χ0v) is 17.6. The van der Waals surface area contributed by atoms with Crippen LogP contribution in [0.4, 0.5) is 4.39 Å². The van der Waals surface area contributed by atoms with Crippen LogP contribution in [0.1, 0.15) is 27.0 Å². The molecule has 0 fully saturated rings. The minimum absolute atomic E-state index is 0.145. The second-order valence-electron chi connectivity index (χ2n) is 8.01. The zero-order chi connectivity index (χ0) is 21.9. The lowest BCUT2D eigenvalue weighted by Gasteiger charge is -2.20. The Hall–Kier alpha value is -3.64. The average molecular weight is 429 g/mol. The number of nitrogens with zero attached hydrogens (tertiary/aromatic N) is 1. The summed E-state index contributed by atoms with van der Waals surface area (Å²) in [5.41, 5.74) is 4.36. The highest BCUT2D eigenvalue weighted by Crippen LogP contribution is 2.27. The molecule has 5 rings (SSSR count). The van der Waals surface area contributed by atoms with Gasteiger partial charge in [-0.05, 0) is 42.0 Å². The Morgan fingerprint density at radius 2 is 1.94 bits per heavy atom. The fraction of sp³-hybridized carbons (Fsp3) is 0.192. The van der Waals surface area contributed by atoms with Crippen LogP contribution in [-0.4, -0.2) is 28.9 Å². The number of rotatable bonds is 5. The molecule has 0 atom stereocenters. The number of nitrogens with one attached hydrogen (secondary N) is 2. The summed E-state index contributed by atoms with van der Waals surface area (Å²) in [6.45, 7) is 3.01. The van der Waals surface area contributed by atoms with E-state index in [1.165, 1.54) is 17.0 Å². The quantitative estimate of drug-likeness (QED) is 0.486. The molecule has 0 spiro atoms. The Bertz CT molecular complexity index is 1270. The molecule has 2 heterocycles. The predicted molar refractivity (Wildman–Crippen MR) is 122 cm³/mol. The van der Waals surface area contributed by atoms with E-state index in [9.17, 15) is 9.18 Å². The van der Waals surface area contributed by atoms with Gasteiger partial charge in [-0.15, -0.1) is 0 Å².